The molecular weight excluding hydrogens is 534 g/mol. The summed E-state index contributed by atoms with van der Waals surface area (Å²) >= 11 is 1.06. The Bertz CT molecular complexity index is 1000. The fraction of sp³-hybridized carbons (Fsp3) is 0.143. The van der Waals surface area contributed by atoms with Gasteiger partial charge in [-0.3, -0.25) is 0 Å². The third kappa shape index (κ3) is 5.98. The average molecular weight is 547 g/mol. The van der Waals surface area contributed by atoms with Crippen molar-refractivity contribution in [1.29, 1.82) is 0 Å². The van der Waals surface area contributed by atoms with Crippen LogP contribution in [0.5, 0.6) is 0 Å². The van der Waals surface area contributed by atoms with Crippen molar-refractivity contribution in [1.82, 2.24) is 0 Å². The number of alkyl halides is 9. The molecule has 0 heterocycles. The number of benzene rings is 3. The van der Waals surface area contributed by atoms with Gasteiger partial charge >= 0.3 is 39.6 Å². The van der Waals surface area contributed by atoms with Crippen LogP contribution in [0.4, 0.5) is 39.5 Å². The molecule has 0 amide bonds. The van der Waals surface area contributed by atoms with Gasteiger partial charge < -0.3 is 4.80 Å². The topological polar surface area (TPSA) is 37.3 Å². The van der Waals surface area contributed by atoms with Gasteiger partial charge in [-0.05, 0) is 33.8 Å². The molecule has 0 saturated heterocycles. The first kappa shape index (κ1) is 27.8. The van der Waals surface area contributed by atoms with E-state index in [0.717, 1.165) is 53.8 Å². The Labute approximate surface area is 197 Å². The van der Waals surface area contributed by atoms with Crippen LogP contribution in [0, 0.1) is 0 Å². The summed E-state index contributed by atoms with van der Waals surface area (Å²) in [4.78, 5) is 11.6. The van der Waals surface area contributed by atoms with Crippen LogP contribution < -0.4 is 15.6 Å². The summed E-state index contributed by atoms with van der Waals surface area (Å²) in [6.07, 6.45) is -14.5. The first-order valence-electron chi connectivity index (χ1n) is 9.07. The van der Waals surface area contributed by atoms with E-state index in [1.54, 1.807) is 0 Å². The fourth-order valence-electron chi connectivity index (χ4n) is 3.26. The third-order valence-electron chi connectivity index (χ3n) is 4.82. The summed E-state index contributed by atoms with van der Waals surface area (Å²) in [5.74, 6) is 0. The molecule has 0 saturated carbocycles. The van der Waals surface area contributed by atoms with Crippen LogP contribution in [0.1, 0.15) is 16.7 Å². The van der Waals surface area contributed by atoms with E-state index in [-0.39, 0.29) is 0 Å². The van der Waals surface area contributed by atoms with Crippen LogP contribution >= 0.6 is 0 Å². The van der Waals surface area contributed by atoms with E-state index in [4.69, 9.17) is 3.67 Å². The number of rotatable bonds is 3. The molecule has 0 aliphatic carbocycles. The molecule has 0 aromatic heterocycles. The zero-order chi connectivity index (χ0) is 25.9. The monoisotopic (exact) mass is 547 g/mol. The van der Waals surface area contributed by atoms with E-state index in [0.29, 0.717) is 36.4 Å². The first-order valence-corrected chi connectivity index (χ1v) is 11.6. The van der Waals surface area contributed by atoms with Gasteiger partial charge in [0.2, 0.25) is 0 Å². The summed E-state index contributed by atoms with van der Waals surface area (Å²) in [7, 11) is -4.71. The van der Waals surface area contributed by atoms with Crippen LogP contribution in [0.3, 0.4) is 0 Å². The second-order valence-electron chi connectivity index (χ2n) is 6.95. The van der Waals surface area contributed by atoms with E-state index in [9.17, 15) is 44.3 Å². The van der Waals surface area contributed by atoms with E-state index < -0.39 is 59.1 Å². The Hall–Kier alpha value is -2.41. The van der Waals surface area contributed by atoms with Crippen molar-refractivity contribution in [2.75, 3.05) is 0 Å². The Morgan fingerprint density at radius 3 is 0.971 bits per heavy atom. The van der Waals surface area contributed by atoms with Crippen LogP contribution in [0.15, 0.2) is 72.8 Å². The van der Waals surface area contributed by atoms with Crippen molar-refractivity contribution >= 4 is 23.9 Å². The zero-order valence-electron chi connectivity index (χ0n) is 16.6. The van der Waals surface area contributed by atoms with Gasteiger partial charge in [0.25, 0.3) is 8.32 Å². The minimum absolute atomic E-state index is 0.411. The normalized spacial score (nSPS) is 12.6. The Balaban J connectivity index is 0.00000199. The molecule has 3 aromatic rings. The average Bonchev–Trinajstić information content (AvgIpc) is 2.78. The molecule has 0 spiro atoms. The maximum atomic E-state index is 13.2. The van der Waals surface area contributed by atoms with Gasteiger partial charge in [0, 0.05) is 0 Å². The van der Waals surface area contributed by atoms with Crippen LogP contribution in [-0.2, 0) is 39.6 Å². The second-order valence-corrected chi connectivity index (χ2v) is 10.1. The number of halogens is 9. The molecule has 0 aliphatic rings. The summed E-state index contributed by atoms with van der Waals surface area (Å²) in [5, 5.41) is -1.23. The van der Waals surface area contributed by atoms with Crippen molar-refractivity contribution in [3.8, 4) is 0 Å². The minimum atomic E-state index is -4.84. The van der Waals surface area contributed by atoms with Gasteiger partial charge in [0.1, 0.15) is 0 Å². The van der Waals surface area contributed by atoms with Crippen molar-refractivity contribution in [3.05, 3.63) is 89.5 Å². The molecule has 13 heteroatoms. The van der Waals surface area contributed by atoms with Gasteiger partial charge in [-0.2, -0.15) is 39.5 Å². The first-order chi connectivity index (χ1) is 15.6. The van der Waals surface area contributed by atoms with Crippen LogP contribution in [-0.4, -0.2) is 13.1 Å². The molecule has 181 valence electrons. The second kappa shape index (κ2) is 10.1. The Morgan fingerprint density at radius 1 is 0.529 bits per heavy atom. The summed E-state index contributed by atoms with van der Waals surface area (Å²) in [6.45, 7) is 0. The van der Waals surface area contributed by atoms with Gasteiger partial charge in [-0.1, -0.05) is 54.6 Å². The van der Waals surface area contributed by atoms with E-state index in [1.807, 2.05) is 0 Å². The SMILES string of the molecule is O[Si](c1cccc(C(F)(F)F)c1)(c1cccc(C(F)(F)F)c1)c1cccc(C(F)(F)F)c1.[O]=[V]. The Kier molecular flexibility index (Phi) is 8.24. The van der Waals surface area contributed by atoms with Gasteiger partial charge in [-0.15, -0.1) is 0 Å². The molecule has 34 heavy (non-hydrogen) atoms. The molecule has 0 bridgehead atoms. The molecule has 0 atom stereocenters. The molecule has 0 aliphatic heterocycles. The zero-order valence-corrected chi connectivity index (χ0v) is 19.0. The molecule has 0 unspecified atom stereocenters. The van der Waals surface area contributed by atoms with Crippen LogP contribution in [0.2, 0.25) is 0 Å². The summed E-state index contributed by atoms with van der Waals surface area (Å²) < 4.78 is 127. The quantitative estimate of drug-likeness (QED) is 0.296. The van der Waals surface area contributed by atoms with Gasteiger partial charge in [-0.25, -0.2) is 0 Å². The van der Waals surface area contributed by atoms with Crippen molar-refractivity contribution in [2.45, 2.75) is 18.5 Å². The van der Waals surface area contributed by atoms with Gasteiger partial charge in [0.05, 0.1) is 16.7 Å². The standard InChI is InChI=1S/C21H13F9OSi.O.V/c22-19(23,24)13-4-1-7-16(10-13)32(31,17-8-2-5-14(11-17)20(25,26)27)18-9-3-6-15(12-18)21(28,29)30;;/h1-12,31H;;. The molecule has 1 N–H and O–H groups in total. The third-order valence-corrected chi connectivity index (χ3v) is 8.26. The molecule has 2 nitrogen and oxygen atoms in total. The van der Waals surface area contributed by atoms with Crippen molar-refractivity contribution in [2.24, 2.45) is 0 Å². The number of hydrogen-bond donors (Lipinski definition) is 1. The molecular formula is C21H13F9O2SiV. The predicted octanol–water partition coefficient (Wildman–Crippen LogP) is 4.58. The van der Waals surface area contributed by atoms with E-state index in [1.165, 1.54) is 0 Å². The summed E-state index contributed by atoms with van der Waals surface area (Å²) in [6, 6.07) is 9.72. The van der Waals surface area contributed by atoms with Crippen molar-refractivity contribution in [3.63, 3.8) is 0 Å². The molecule has 0 fully saturated rings. The van der Waals surface area contributed by atoms with Crippen molar-refractivity contribution < 1.29 is 65.4 Å². The number of hydrogen-bond acceptors (Lipinski definition) is 2. The Morgan fingerprint density at radius 2 is 0.765 bits per heavy atom. The molecule has 3 rings (SSSR count). The van der Waals surface area contributed by atoms with Crippen LogP contribution in [0.25, 0.3) is 0 Å². The summed E-state index contributed by atoms with van der Waals surface area (Å²) in [5.41, 5.74) is -3.58. The van der Waals surface area contributed by atoms with Gasteiger partial charge in [0.15, 0.2) is 0 Å². The fourth-order valence-corrected chi connectivity index (χ4v) is 6.37. The maximum absolute atomic E-state index is 13.2. The van der Waals surface area contributed by atoms with E-state index >= 15 is 0 Å². The predicted molar refractivity (Wildman–Crippen MR) is 102 cm³/mol. The molecule has 0 radical (unpaired) electrons. The molecule has 3 aromatic carbocycles. The van der Waals surface area contributed by atoms with E-state index in [2.05, 4.69) is 0 Å².